The second-order valence-electron chi connectivity index (χ2n) is 6.00. The zero-order chi connectivity index (χ0) is 16.9. The van der Waals surface area contributed by atoms with Gasteiger partial charge in [0.15, 0.2) is 5.11 Å². The summed E-state index contributed by atoms with van der Waals surface area (Å²) >= 11 is 11.7. The maximum absolute atomic E-state index is 13.1. The van der Waals surface area contributed by atoms with Crippen molar-refractivity contribution < 1.29 is 9.90 Å². The van der Waals surface area contributed by atoms with Crippen LogP contribution in [0.3, 0.4) is 0 Å². The van der Waals surface area contributed by atoms with Gasteiger partial charge < -0.3 is 10.0 Å². The molecule has 0 bridgehead atoms. The van der Waals surface area contributed by atoms with Gasteiger partial charge in [0.25, 0.3) is 5.91 Å². The molecule has 1 aromatic carbocycles. The number of hydrogen-bond donors (Lipinski definition) is 1. The predicted molar refractivity (Wildman–Crippen MR) is 91.3 cm³/mol. The number of hydrogen-bond acceptors (Lipinski definition) is 4. The quantitative estimate of drug-likeness (QED) is 0.788. The van der Waals surface area contributed by atoms with E-state index < -0.39 is 11.6 Å². The topological polar surface area (TPSA) is 67.6 Å². The van der Waals surface area contributed by atoms with Crippen LogP contribution in [0.2, 0.25) is 5.02 Å². The number of nitriles is 1. The van der Waals surface area contributed by atoms with Gasteiger partial charge in [-0.3, -0.25) is 9.69 Å². The summed E-state index contributed by atoms with van der Waals surface area (Å²) in [5.74, 6) is -0.223. The number of rotatable bonds is 1. The monoisotopic (exact) mass is 349 g/mol. The lowest BCUT2D eigenvalue weighted by Gasteiger charge is -2.32. The highest BCUT2D eigenvalue weighted by Gasteiger charge is 2.60. The van der Waals surface area contributed by atoms with Crippen molar-refractivity contribution in [2.45, 2.75) is 37.8 Å². The number of amides is 1. The largest absolute Gasteiger partial charge is 0.390 e. The van der Waals surface area contributed by atoms with E-state index in [1.807, 2.05) is 6.07 Å². The molecule has 3 rings (SSSR count). The van der Waals surface area contributed by atoms with Crippen LogP contribution in [-0.4, -0.2) is 39.7 Å². The molecule has 120 valence electrons. The van der Waals surface area contributed by atoms with Crippen molar-refractivity contribution in [1.82, 2.24) is 4.90 Å². The first-order chi connectivity index (χ1) is 10.9. The van der Waals surface area contributed by atoms with Crippen molar-refractivity contribution in [2.24, 2.45) is 0 Å². The highest BCUT2D eigenvalue weighted by Crippen LogP contribution is 2.44. The van der Waals surface area contributed by atoms with Gasteiger partial charge in [-0.25, -0.2) is 0 Å². The molecule has 2 fully saturated rings. The molecule has 1 amide bonds. The standard InChI is InChI=1S/C16H16ClN3O2S/c1-9-11(6-5-10(8-18)13(9)17)20-14(22)16(19(2)15(20)23)7-3-4-12(16)21/h5-6,12,21H,3-4,7H2,1-2H3/t12-,16+/m1/s1. The molecule has 7 heteroatoms. The smallest absolute Gasteiger partial charge is 0.261 e. The summed E-state index contributed by atoms with van der Waals surface area (Å²) in [5.41, 5.74) is 0.560. The Kier molecular flexibility index (Phi) is 3.83. The second-order valence-corrected chi connectivity index (χ2v) is 6.74. The van der Waals surface area contributed by atoms with E-state index in [-0.39, 0.29) is 5.91 Å². The fourth-order valence-corrected chi connectivity index (χ4v) is 4.12. The average molecular weight is 350 g/mol. The molecule has 1 N–H and O–H groups in total. The Morgan fingerprint density at radius 2 is 2.22 bits per heavy atom. The van der Waals surface area contributed by atoms with Gasteiger partial charge >= 0.3 is 0 Å². The van der Waals surface area contributed by atoms with E-state index in [1.165, 1.54) is 4.90 Å². The van der Waals surface area contributed by atoms with E-state index >= 15 is 0 Å². The molecule has 0 aromatic heterocycles. The number of anilines is 1. The Labute approximate surface area is 145 Å². The molecular weight excluding hydrogens is 334 g/mol. The zero-order valence-corrected chi connectivity index (χ0v) is 14.4. The van der Waals surface area contributed by atoms with Crippen LogP contribution in [0.25, 0.3) is 0 Å². The van der Waals surface area contributed by atoms with Crippen LogP contribution in [0, 0.1) is 18.3 Å². The van der Waals surface area contributed by atoms with Crippen LogP contribution in [0.15, 0.2) is 12.1 Å². The summed E-state index contributed by atoms with van der Waals surface area (Å²) in [7, 11) is 1.75. The Morgan fingerprint density at radius 3 is 2.78 bits per heavy atom. The van der Waals surface area contributed by atoms with E-state index in [0.29, 0.717) is 39.8 Å². The third kappa shape index (κ3) is 2.01. The van der Waals surface area contributed by atoms with Gasteiger partial charge in [0, 0.05) is 7.05 Å². The van der Waals surface area contributed by atoms with Crippen LogP contribution in [0.5, 0.6) is 0 Å². The third-order valence-electron chi connectivity index (χ3n) is 4.96. The van der Waals surface area contributed by atoms with Gasteiger partial charge in [-0.2, -0.15) is 5.26 Å². The zero-order valence-electron chi connectivity index (χ0n) is 12.8. The Hall–Kier alpha value is -1.68. The van der Waals surface area contributed by atoms with Crippen LogP contribution in [0.1, 0.15) is 30.4 Å². The molecule has 1 saturated heterocycles. The van der Waals surface area contributed by atoms with Gasteiger partial charge in [0.2, 0.25) is 0 Å². The average Bonchev–Trinajstić information content (AvgIpc) is 3.00. The first-order valence-corrected chi connectivity index (χ1v) is 8.14. The van der Waals surface area contributed by atoms with Crippen molar-refractivity contribution in [3.63, 3.8) is 0 Å². The highest BCUT2D eigenvalue weighted by atomic mass is 35.5. The minimum atomic E-state index is -0.982. The number of nitrogens with zero attached hydrogens (tertiary/aromatic N) is 3. The molecule has 1 spiro atoms. The van der Waals surface area contributed by atoms with E-state index in [4.69, 9.17) is 29.1 Å². The molecule has 0 radical (unpaired) electrons. The van der Waals surface area contributed by atoms with Crippen LogP contribution in [0.4, 0.5) is 5.69 Å². The maximum atomic E-state index is 13.1. The lowest BCUT2D eigenvalue weighted by Crippen LogP contribution is -2.53. The lowest BCUT2D eigenvalue weighted by molar-refractivity contribution is -0.128. The van der Waals surface area contributed by atoms with Crippen molar-refractivity contribution in [1.29, 1.82) is 5.26 Å². The van der Waals surface area contributed by atoms with Crippen molar-refractivity contribution in [2.75, 3.05) is 11.9 Å². The number of aliphatic hydroxyl groups is 1. The summed E-state index contributed by atoms with van der Waals surface area (Å²) in [6, 6.07) is 5.28. The number of carbonyl (C=O) groups excluding carboxylic acids is 1. The van der Waals surface area contributed by atoms with E-state index in [0.717, 1.165) is 6.42 Å². The van der Waals surface area contributed by atoms with Crippen LogP contribution >= 0.6 is 23.8 Å². The summed E-state index contributed by atoms with van der Waals surface area (Å²) in [6.45, 7) is 1.75. The lowest BCUT2D eigenvalue weighted by atomic mass is 9.93. The molecule has 1 heterocycles. The summed E-state index contributed by atoms with van der Waals surface area (Å²) in [4.78, 5) is 16.2. The molecule has 1 aliphatic heterocycles. The van der Waals surface area contributed by atoms with Gasteiger partial charge in [-0.1, -0.05) is 11.6 Å². The Balaban J connectivity index is 2.12. The molecule has 0 unspecified atom stereocenters. The summed E-state index contributed by atoms with van der Waals surface area (Å²) < 4.78 is 0. The number of aliphatic hydroxyl groups excluding tert-OH is 1. The number of thiocarbonyl (C=S) groups is 1. The first kappa shape index (κ1) is 16.2. The normalized spacial score (nSPS) is 27.2. The summed E-state index contributed by atoms with van der Waals surface area (Å²) in [6.07, 6.45) is 1.20. The Bertz CT molecular complexity index is 760. The number of carbonyl (C=O) groups is 1. The van der Waals surface area contributed by atoms with E-state index in [2.05, 4.69) is 0 Å². The molecular formula is C16H16ClN3O2S. The minimum absolute atomic E-state index is 0.223. The molecule has 2 atom stereocenters. The highest BCUT2D eigenvalue weighted by molar-refractivity contribution is 7.80. The molecule has 5 nitrogen and oxygen atoms in total. The van der Waals surface area contributed by atoms with Crippen LogP contribution < -0.4 is 4.90 Å². The predicted octanol–water partition coefficient (Wildman–Crippen LogP) is 2.37. The van der Waals surface area contributed by atoms with Crippen molar-refractivity contribution in [3.05, 3.63) is 28.3 Å². The van der Waals surface area contributed by atoms with Crippen molar-refractivity contribution in [3.8, 4) is 6.07 Å². The fraction of sp³-hybridized carbons (Fsp3) is 0.438. The number of likely N-dealkylation sites (N-methyl/N-ethyl adjacent to an activating group) is 1. The van der Waals surface area contributed by atoms with E-state index in [1.54, 1.807) is 31.0 Å². The van der Waals surface area contributed by atoms with Gasteiger partial charge in [-0.05, 0) is 56.1 Å². The van der Waals surface area contributed by atoms with Gasteiger partial charge in [0.05, 0.1) is 22.4 Å². The van der Waals surface area contributed by atoms with Gasteiger partial charge in [-0.15, -0.1) is 0 Å². The molecule has 23 heavy (non-hydrogen) atoms. The second kappa shape index (κ2) is 5.45. The fourth-order valence-electron chi connectivity index (χ4n) is 3.57. The van der Waals surface area contributed by atoms with Crippen LogP contribution in [-0.2, 0) is 4.79 Å². The Morgan fingerprint density at radius 1 is 1.52 bits per heavy atom. The molecule has 1 aliphatic carbocycles. The number of halogens is 1. The summed E-state index contributed by atoms with van der Waals surface area (Å²) in [5, 5.41) is 20.1. The molecule has 2 aliphatic rings. The molecule has 1 aromatic rings. The van der Waals surface area contributed by atoms with E-state index in [9.17, 15) is 9.90 Å². The number of benzene rings is 1. The maximum Gasteiger partial charge on any atom is 0.261 e. The first-order valence-electron chi connectivity index (χ1n) is 7.36. The SMILES string of the molecule is Cc1c(N2C(=O)[C@@]3(CCC[C@H]3O)N(C)C2=S)ccc(C#N)c1Cl. The van der Waals surface area contributed by atoms with Gasteiger partial charge in [0.1, 0.15) is 11.6 Å². The third-order valence-corrected chi connectivity index (χ3v) is 5.90. The minimum Gasteiger partial charge on any atom is -0.390 e. The van der Waals surface area contributed by atoms with Crippen molar-refractivity contribution >= 4 is 40.5 Å². The molecule has 1 saturated carbocycles.